The van der Waals surface area contributed by atoms with Gasteiger partial charge in [-0.25, -0.2) is 4.98 Å². The molecule has 0 radical (unpaired) electrons. The second-order valence-electron chi connectivity index (χ2n) is 3.15. The quantitative estimate of drug-likeness (QED) is 0.852. The molecule has 1 atom stereocenters. The van der Waals surface area contributed by atoms with E-state index < -0.39 is 12.6 Å². The molecule has 0 aliphatic rings. The van der Waals surface area contributed by atoms with Crippen molar-refractivity contribution in [2.45, 2.75) is 32.0 Å². The highest BCUT2D eigenvalue weighted by Gasteiger charge is 2.26. The fourth-order valence-corrected chi connectivity index (χ4v) is 2.00. The van der Waals surface area contributed by atoms with Crippen LogP contribution >= 0.6 is 11.3 Å². The van der Waals surface area contributed by atoms with Crippen molar-refractivity contribution >= 4 is 11.3 Å². The third-order valence-electron chi connectivity index (χ3n) is 1.96. The standard InChI is InChI=1S/C9H13F3N2S/c1-2-7(8-14-5-6-15-8)13-4-3-9(10,11)12/h5-7,13H,2-4H2,1H3. The predicted molar refractivity (Wildman–Crippen MR) is 53.8 cm³/mol. The summed E-state index contributed by atoms with van der Waals surface area (Å²) < 4.78 is 35.7. The van der Waals surface area contributed by atoms with E-state index in [0.717, 1.165) is 11.4 Å². The minimum atomic E-state index is -4.09. The Morgan fingerprint density at radius 2 is 2.27 bits per heavy atom. The maximum Gasteiger partial charge on any atom is 0.390 e. The first-order valence-electron chi connectivity index (χ1n) is 4.72. The molecule has 1 heterocycles. The van der Waals surface area contributed by atoms with Crippen molar-refractivity contribution in [3.8, 4) is 0 Å². The zero-order valence-electron chi connectivity index (χ0n) is 8.34. The molecule has 0 aliphatic carbocycles. The number of hydrogen-bond acceptors (Lipinski definition) is 3. The lowest BCUT2D eigenvalue weighted by Crippen LogP contribution is -2.25. The summed E-state index contributed by atoms with van der Waals surface area (Å²) in [6.07, 6.45) is -2.48. The highest BCUT2D eigenvalue weighted by atomic mass is 32.1. The van der Waals surface area contributed by atoms with E-state index in [0.29, 0.717) is 0 Å². The first-order valence-corrected chi connectivity index (χ1v) is 5.60. The molecular formula is C9H13F3N2S. The van der Waals surface area contributed by atoms with Crippen LogP contribution in [0, 0.1) is 0 Å². The van der Waals surface area contributed by atoms with Crippen LogP contribution in [0.1, 0.15) is 30.8 Å². The molecule has 0 saturated heterocycles. The van der Waals surface area contributed by atoms with Crippen LogP contribution in [0.5, 0.6) is 0 Å². The Morgan fingerprint density at radius 1 is 1.53 bits per heavy atom. The van der Waals surface area contributed by atoms with Gasteiger partial charge in [-0.15, -0.1) is 11.3 Å². The van der Waals surface area contributed by atoms with Crippen LogP contribution in [-0.2, 0) is 0 Å². The van der Waals surface area contributed by atoms with Gasteiger partial charge in [0.2, 0.25) is 0 Å². The Labute approximate surface area is 90.5 Å². The average molecular weight is 238 g/mol. The summed E-state index contributed by atoms with van der Waals surface area (Å²) in [7, 11) is 0. The Bertz CT molecular complexity index is 271. The first-order chi connectivity index (χ1) is 7.03. The molecule has 0 fully saturated rings. The van der Waals surface area contributed by atoms with Crippen LogP contribution in [0.3, 0.4) is 0 Å². The SMILES string of the molecule is CCC(NCCC(F)(F)F)c1nccs1. The number of nitrogens with one attached hydrogen (secondary N) is 1. The van der Waals surface area contributed by atoms with Crippen molar-refractivity contribution in [2.75, 3.05) is 6.54 Å². The summed E-state index contributed by atoms with van der Waals surface area (Å²) in [5, 5.41) is 5.53. The third kappa shape index (κ3) is 4.61. The van der Waals surface area contributed by atoms with Gasteiger partial charge in [0, 0.05) is 18.1 Å². The minimum Gasteiger partial charge on any atom is -0.308 e. The Balaban J connectivity index is 2.36. The molecule has 1 aromatic rings. The van der Waals surface area contributed by atoms with E-state index in [9.17, 15) is 13.2 Å². The molecule has 1 aromatic heterocycles. The van der Waals surface area contributed by atoms with Gasteiger partial charge in [0.05, 0.1) is 12.5 Å². The van der Waals surface area contributed by atoms with Crippen LogP contribution < -0.4 is 5.32 Å². The second-order valence-corrected chi connectivity index (χ2v) is 4.08. The zero-order valence-corrected chi connectivity index (χ0v) is 9.16. The molecule has 0 saturated carbocycles. The van der Waals surface area contributed by atoms with E-state index in [2.05, 4.69) is 10.3 Å². The number of aromatic nitrogens is 1. The van der Waals surface area contributed by atoms with Crippen LogP contribution in [0.2, 0.25) is 0 Å². The molecule has 0 amide bonds. The minimum absolute atomic E-state index is 0.0540. The fraction of sp³-hybridized carbons (Fsp3) is 0.667. The molecule has 6 heteroatoms. The van der Waals surface area contributed by atoms with Crippen molar-refractivity contribution in [3.05, 3.63) is 16.6 Å². The molecule has 0 aromatic carbocycles. The van der Waals surface area contributed by atoms with Crippen LogP contribution in [-0.4, -0.2) is 17.7 Å². The highest BCUT2D eigenvalue weighted by molar-refractivity contribution is 7.09. The van der Waals surface area contributed by atoms with E-state index in [-0.39, 0.29) is 12.6 Å². The molecule has 1 unspecified atom stereocenters. The number of nitrogens with zero attached hydrogens (tertiary/aromatic N) is 1. The summed E-state index contributed by atoms with van der Waals surface area (Å²) in [6.45, 7) is 1.87. The maximum absolute atomic E-state index is 11.9. The number of thiazole rings is 1. The van der Waals surface area contributed by atoms with Gasteiger partial charge in [0.25, 0.3) is 0 Å². The molecule has 0 bridgehead atoms. The molecule has 2 nitrogen and oxygen atoms in total. The smallest absolute Gasteiger partial charge is 0.308 e. The van der Waals surface area contributed by atoms with Crippen LogP contribution in [0.15, 0.2) is 11.6 Å². The normalized spacial score (nSPS) is 14.1. The lowest BCUT2D eigenvalue weighted by Gasteiger charge is -2.15. The summed E-state index contributed by atoms with van der Waals surface area (Å²) in [5.74, 6) is 0. The van der Waals surface area contributed by atoms with E-state index in [1.165, 1.54) is 11.3 Å². The summed E-state index contributed by atoms with van der Waals surface area (Å²) in [5.41, 5.74) is 0. The molecule has 1 rings (SSSR count). The number of halogens is 3. The van der Waals surface area contributed by atoms with Gasteiger partial charge >= 0.3 is 6.18 Å². The van der Waals surface area contributed by atoms with Crippen molar-refractivity contribution in [3.63, 3.8) is 0 Å². The molecule has 0 aliphatic heterocycles. The van der Waals surface area contributed by atoms with Gasteiger partial charge in [0.15, 0.2) is 0 Å². The van der Waals surface area contributed by atoms with Gasteiger partial charge < -0.3 is 5.32 Å². The number of hydrogen-bond donors (Lipinski definition) is 1. The van der Waals surface area contributed by atoms with Crippen LogP contribution in [0.25, 0.3) is 0 Å². The Kier molecular flexibility index (Phi) is 4.53. The average Bonchev–Trinajstić information content (AvgIpc) is 2.63. The van der Waals surface area contributed by atoms with E-state index in [1.807, 2.05) is 12.3 Å². The molecule has 0 spiro atoms. The van der Waals surface area contributed by atoms with Gasteiger partial charge in [-0.3, -0.25) is 0 Å². The van der Waals surface area contributed by atoms with Gasteiger partial charge in [0.1, 0.15) is 5.01 Å². The Morgan fingerprint density at radius 3 is 2.73 bits per heavy atom. The van der Waals surface area contributed by atoms with Crippen molar-refractivity contribution in [1.29, 1.82) is 0 Å². The molecule has 86 valence electrons. The first kappa shape index (κ1) is 12.4. The summed E-state index contributed by atoms with van der Waals surface area (Å²) >= 11 is 1.46. The number of alkyl halides is 3. The topological polar surface area (TPSA) is 24.9 Å². The molecule has 1 N–H and O–H groups in total. The monoisotopic (exact) mass is 238 g/mol. The lowest BCUT2D eigenvalue weighted by molar-refractivity contribution is -0.133. The van der Waals surface area contributed by atoms with Gasteiger partial charge in [-0.1, -0.05) is 6.92 Å². The Hall–Kier alpha value is -0.620. The highest BCUT2D eigenvalue weighted by Crippen LogP contribution is 2.21. The number of rotatable bonds is 5. The van der Waals surface area contributed by atoms with Crippen molar-refractivity contribution in [2.24, 2.45) is 0 Å². The van der Waals surface area contributed by atoms with Gasteiger partial charge in [-0.05, 0) is 6.42 Å². The predicted octanol–water partition coefficient (Wildman–Crippen LogP) is 3.14. The lowest BCUT2D eigenvalue weighted by atomic mass is 10.2. The molecule has 15 heavy (non-hydrogen) atoms. The summed E-state index contributed by atoms with van der Waals surface area (Å²) in [4.78, 5) is 4.08. The zero-order chi connectivity index (χ0) is 11.3. The second kappa shape index (κ2) is 5.46. The fourth-order valence-electron chi connectivity index (χ4n) is 1.20. The third-order valence-corrected chi connectivity index (χ3v) is 2.85. The van der Waals surface area contributed by atoms with Crippen LogP contribution in [0.4, 0.5) is 13.2 Å². The van der Waals surface area contributed by atoms with Crippen molar-refractivity contribution in [1.82, 2.24) is 10.3 Å². The largest absolute Gasteiger partial charge is 0.390 e. The van der Waals surface area contributed by atoms with E-state index in [1.54, 1.807) is 6.20 Å². The van der Waals surface area contributed by atoms with Crippen molar-refractivity contribution < 1.29 is 13.2 Å². The van der Waals surface area contributed by atoms with E-state index in [4.69, 9.17) is 0 Å². The molecular weight excluding hydrogens is 225 g/mol. The maximum atomic E-state index is 11.9. The van der Waals surface area contributed by atoms with E-state index >= 15 is 0 Å². The summed E-state index contributed by atoms with van der Waals surface area (Å²) in [6, 6.07) is -0.0626. The van der Waals surface area contributed by atoms with Gasteiger partial charge in [-0.2, -0.15) is 13.2 Å².